The van der Waals surface area contributed by atoms with Crippen molar-refractivity contribution < 1.29 is 23.8 Å². The van der Waals surface area contributed by atoms with Gasteiger partial charge < -0.3 is 14.2 Å². The van der Waals surface area contributed by atoms with Crippen LogP contribution in [0.5, 0.6) is 5.75 Å². The van der Waals surface area contributed by atoms with Gasteiger partial charge in [0.25, 0.3) is 5.79 Å². The van der Waals surface area contributed by atoms with Crippen LogP contribution < -0.4 is 4.74 Å². The van der Waals surface area contributed by atoms with Crippen molar-refractivity contribution in [3.8, 4) is 5.75 Å². The number of carbonyl (C=O) groups is 2. The summed E-state index contributed by atoms with van der Waals surface area (Å²) in [7, 11) is 0. The van der Waals surface area contributed by atoms with Gasteiger partial charge in [-0.15, -0.1) is 0 Å². The second-order valence-electron chi connectivity index (χ2n) is 3.86. The lowest BCUT2D eigenvalue weighted by Crippen LogP contribution is -2.47. The Bertz CT molecular complexity index is 410. The molecule has 0 atom stereocenters. The standard InChI is InChI=1S/C12H12O5/c1-12(16-10(13)7-11(14)17-12)8-15-9-5-3-2-4-6-9/h2-6H,7-8H2,1H3. The molecule has 0 radical (unpaired) electrons. The highest BCUT2D eigenvalue weighted by molar-refractivity contribution is 5.93. The highest BCUT2D eigenvalue weighted by atomic mass is 16.8. The Hall–Kier alpha value is -2.04. The molecule has 0 bridgehead atoms. The van der Waals surface area contributed by atoms with Crippen molar-refractivity contribution in [1.29, 1.82) is 0 Å². The molecule has 0 saturated carbocycles. The lowest BCUT2D eigenvalue weighted by atomic mass is 10.3. The molecule has 0 N–H and O–H groups in total. The van der Waals surface area contributed by atoms with Crippen molar-refractivity contribution >= 4 is 11.9 Å². The maximum Gasteiger partial charge on any atom is 0.320 e. The second-order valence-corrected chi connectivity index (χ2v) is 3.86. The molecule has 1 aliphatic heterocycles. The zero-order chi connectivity index (χ0) is 12.3. The van der Waals surface area contributed by atoms with Gasteiger partial charge >= 0.3 is 11.9 Å². The summed E-state index contributed by atoms with van der Waals surface area (Å²) in [6, 6.07) is 9.01. The third-order valence-electron chi connectivity index (χ3n) is 2.19. The number of cyclic esters (lactones) is 2. The van der Waals surface area contributed by atoms with Crippen molar-refractivity contribution in [3.63, 3.8) is 0 Å². The van der Waals surface area contributed by atoms with Gasteiger partial charge in [-0.05, 0) is 12.1 Å². The van der Waals surface area contributed by atoms with Gasteiger partial charge in [-0.2, -0.15) is 0 Å². The van der Waals surface area contributed by atoms with E-state index in [9.17, 15) is 9.59 Å². The third kappa shape index (κ3) is 2.96. The third-order valence-corrected chi connectivity index (χ3v) is 2.19. The van der Waals surface area contributed by atoms with Crippen LogP contribution in [-0.2, 0) is 19.1 Å². The minimum absolute atomic E-state index is 0.0332. The monoisotopic (exact) mass is 236 g/mol. The van der Waals surface area contributed by atoms with Crippen molar-refractivity contribution in [3.05, 3.63) is 30.3 Å². The van der Waals surface area contributed by atoms with Gasteiger partial charge in [0.2, 0.25) is 0 Å². The topological polar surface area (TPSA) is 61.8 Å². The zero-order valence-electron chi connectivity index (χ0n) is 9.34. The molecule has 1 aromatic carbocycles. The van der Waals surface area contributed by atoms with E-state index in [-0.39, 0.29) is 13.0 Å². The van der Waals surface area contributed by atoms with Crippen LogP contribution in [0.3, 0.4) is 0 Å². The van der Waals surface area contributed by atoms with Crippen LogP contribution in [0.15, 0.2) is 30.3 Å². The van der Waals surface area contributed by atoms with Gasteiger partial charge in [0.05, 0.1) is 0 Å². The number of esters is 2. The Morgan fingerprint density at radius 3 is 2.35 bits per heavy atom. The van der Waals surface area contributed by atoms with E-state index in [0.717, 1.165) is 0 Å². The maximum atomic E-state index is 11.1. The fraction of sp³-hybridized carbons (Fsp3) is 0.333. The Morgan fingerprint density at radius 1 is 1.18 bits per heavy atom. The summed E-state index contributed by atoms with van der Waals surface area (Å²) in [4.78, 5) is 22.2. The van der Waals surface area contributed by atoms with Crippen molar-refractivity contribution in [2.24, 2.45) is 0 Å². The van der Waals surface area contributed by atoms with Crippen LogP contribution in [0.25, 0.3) is 0 Å². The number of para-hydroxylation sites is 1. The summed E-state index contributed by atoms with van der Waals surface area (Å²) >= 11 is 0. The minimum atomic E-state index is -1.34. The molecule has 1 heterocycles. The molecule has 90 valence electrons. The van der Waals surface area contributed by atoms with Crippen molar-refractivity contribution in [2.45, 2.75) is 19.1 Å². The SMILES string of the molecule is CC1(COc2ccccc2)OC(=O)CC(=O)O1. The van der Waals surface area contributed by atoms with Gasteiger partial charge in [-0.1, -0.05) is 18.2 Å². The van der Waals surface area contributed by atoms with Crippen LogP contribution in [0.2, 0.25) is 0 Å². The van der Waals surface area contributed by atoms with E-state index < -0.39 is 17.7 Å². The number of hydrogen-bond donors (Lipinski definition) is 0. The number of ether oxygens (including phenoxy) is 3. The van der Waals surface area contributed by atoms with Crippen LogP contribution in [-0.4, -0.2) is 24.3 Å². The summed E-state index contributed by atoms with van der Waals surface area (Å²) in [5, 5.41) is 0. The van der Waals surface area contributed by atoms with E-state index >= 15 is 0 Å². The fourth-order valence-corrected chi connectivity index (χ4v) is 1.48. The van der Waals surface area contributed by atoms with E-state index in [1.54, 1.807) is 12.1 Å². The minimum Gasteiger partial charge on any atom is -0.485 e. The molecule has 5 heteroatoms. The molecule has 1 aromatic rings. The molecular weight excluding hydrogens is 224 g/mol. The molecule has 1 saturated heterocycles. The number of hydrogen-bond acceptors (Lipinski definition) is 5. The average molecular weight is 236 g/mol. The quantitative estimate of drug-likeness (QED) is 0.584. The first-order valence-electron chi connectivity index (χ1n) is 5.19. The van der Waals surface area contributed by atoms with Crippen LogP contribution in [0.4, 0.5) is 0 Å². The van der Waals surface area contributed by atoms with Gasteiger partial charge in [-0.3, -0.25) is 9.59 Å². The first-order valence-corrected chi connectivity index (χ1v) is 5.19. The second kappa shape index (κ2) is 4.45. The van der Waals surface area contributed by atoms with Crippen molar-refractivity contribution in [2.75, 3.05) is 6.61 Å². The lowest BCUT2D eigenvalue weighted by molar-refractivity contribution is -0.245. The number of benzene rings is 1. The van der Waals surface area contributed by atoms with Gasteiger partial charge in [0, 0.05) is 6.92 Å². The van der Waals surface area contributed by atoms with Crippen LogP contribution in [0, 0.1) is 0 Å². The van der Waals surface area contributed by atoms with Crippen LogP contribution in [0.1, 0.15) is 13.3 Å². The van der Waals surface area contributed by atoms with Gasteiger partial charge in [-0.25, -0.2) is 0 Å². The van der Waals surface area contributed by atoms with Crippen molar-refractivity contribution in [1.82, 2.24) is 0 Å². The van der Waals surface area contributed by atoms with E-state index in [0.29, 0.717) is 5.75 Å². The lowest BCUT2D eigenvalue weighted by Gasteiger charge is -2.31. The Balaban J connectivity index is 1.98. The first kappa shape index (κ1) is 11.4. The molecule has 5 nitrogen and oxygen atoms in total. The Morgan fingerprint density at radius 2 is 1.76 bits per heavy atom. The van der Waals surface area contributed by atoms with E-state index in [1.165, 1.54) is 6.92 Å². The van der Waals surface area contributed by atoms with Gasteiger partial charge in [0.1, 0.15) is 12.2 Å². The number of carbonyl (C=O) groups excluding carboxylic acids is 2. The van der Waals surface area contributed by atoms with E-state index in [4.69, 9.17) is 14.2 Å². The van der Waals surface area contributed by atoms with E-state index in [2.05, 4.69) is 0 Å². The first-order chi connectivity index (χ1) is 8.07. The van der Waals surface area contributed by atoms with Gasteiger partial charge in [0.15, 0.2) is 6.61 Å². The molecule has 0 unspecified atom stereocenters. The largest absolute Gasteiger partial charge is 0.485 e. The molecule has 1 fully saturated rings. The Labute approximate surface area is 98.3 Å². The Kier molecular flexibility index (Phi) is 2.99. The predicted octanol–water partition coefficient (Wildman–Crippen LogP) is 1.27. The maximum absolute atomic E-state index is 11.1. The fourth-order valence-electron chi connectivity index (χ4n) is 1.48. The summed E-state index contributed by atoms with van der Waals surface area (Å²) in [6.45, 7) is 1.46. The molecule has 0 spiro atoms. The highest BCUT2D eigenvalue weighted by Gasteiger charge is 2.39. The highest BCUT2D eigenvalue weighted by Crippen LogP contribution is 2.21. The van der Waals surface area contributed by atoms with E-state index in [1.807, 2.05) is 18.2 Å². The smallest absolute Gasteiger partial charge is 0.320 e. The molecule has 0 aliphatic carbocycles. The molecule has 17 heavy (non-hydrogen) atoms. The molecule has 0 aromatic heterocycles. The summed E-state index contributed by atoms with van der Waals surface area (Å²) in [6.07, 6.45) is -0.346. The number of rotatable bonds is 3. The summed E-state index contributed by atoms with van der Waals surface area (Å²) in [5.74, 6) is -1.92. The van der Waals surface area contributed by atoms with Crippen LogP contribution >= 0.6 is 0 Å². The molecule has 2 rings (SSSR count). The predicted molar refractivity (Wildman–Crippen MR) is 57.1 cm³/mol. The summed E-state index contributed by atoms with van der Waals surface area (Å²) in [5.41, 5.74) is 0. The molecular formula is C12H12O5. The summed E-state index contributed by atoms with van der Waals surface area (Å²) < 4.78 is 15.3. The molecule has 1 aliphatic rings. The zero-order valence-corrected chi connectivity index (χ0v) is 9.34. The normalized spacial score (nSPS) is 18.2. The molecule has 0 amide bonds. The average Bonchev–Trinajstić information content (AvgIpc) is 2.26.